The van der Waals surface area contributed by atoms with Crippen molar-refractivity contribution in [1.29, 1.82) is 0 Å². The number of nitrogens with one attached hydrogen (secondary N) is 1. The van der Waals surface area contributed by atoms with Crippen molar-refractivity contribution >= 4 is 53.9 Å². The van der Waals surface area contributed by atoms with E-state index >= 15 is 0 Å². The summed E-state index contributed by atoms with van der Waals surface area (Å²) in [7, 11) is -3.83. The minimum Gasteiger partial charge on any atom is -0.477 e. The maximum Gasteiger partial charge on any atom is 0.347 e. The number of hydrogen-bond acceptors (Lipinski definition) is 6. The maximum atomic E-state index is 12.7. The van der Waals surface area contributed by atoms with Crippen LogP contribution in [0.1, 0.15) is 40.6 Å². The zero-order valence-corrected chi connectivity index (χ0v) is 16.2. The molecule has 0 bridgehead atoms. The first-order chi connectivity index (χ1) is 11.7. The zero-order chi connectivity index (χ0) is 18.4. The fourth-order valence-electron chi connectivity index (χ4n) is 2.41. The van der Waals surface area contributed by atoms with E-state index in [0.717, 1.165) is 33.2 Å². The van der Waals surface area contributed by atoms with E-state index in [-0.39, 0.29) is 14.2 Å². The summed E-state index contributed by atoms with van der Waals surface area (Å²) >= 11 is 1.98. The largest absolute Gasteiger partial charge is 0.477 e. The van der Waals surface area contributed by atoms with Crippen molar-refractivity contribution in [3.8, 4) is 0 Å². The summed E-state index contributed by atoms with van der Waals surface area (Å²) in [6, 6.07) is 5.97. The number of carbonyl (C=O) groups is 1. The monoisotopic (exact) mass is 396 g/mol. The number of nitrogens with zero attached hydrogens (tertiary/aromatic N) is 1. The summed E-state index contributed by atoms with van der Waals surface area (Å²) in [6.07, 6.45) is 1.14. The second kappa shape index (κ2) is 6.40. The number of anilines is 1. The molecular weight excluding hydrogens is 380 g/mol. The Morgan fingerprint density at radius 3 is 2.60 bits per heavy atom. The Morgan fingerprint density at radius 1 is 1.28 bits per heavy atom. The van der Waals surface area contributed by atoms with Crippen molar-refractivity contribution in [1.82, 2.24) is 4.98 Å². The Balaban J connectivity index is 2.01. The summed E-state index contributed by atoms with van der Waals surface area (Å²) in [6.45, 7) is 5.96. The standard InChI is InChI=1S/C16H16N2O4S3/c1-8(2)10-4-5-12-11(6-10)9(3)15(23-12)25(21,22)18-16-17-7-13(24-16)14(19)20/h4-8H,1-3H3,(H,17,18)(H,19,20). The highest BCUT2D eigenvalue weighted by Crippen LogP contribution is 2.36. The minimum atomic E-state index is -3.83. The van der Waals surface area contributed by atoms with Crippen LogP contribution in [0.4, 0.5) is 5.13 Å². The molecule has 3 rings (SSSR count). The molecule has 2 N–H and O–H groups in total. The van der Waals surface area contributed by atoms with Gasteiger partial charge in [0.15, 0.2) is 5.13 Å². The number of rotatable bonds is 5. The highest BCUT2D eigenvalue weighted by molar-refractivity contribution is 7.95. The first-order valence-corrected chi connectivity index (χ1v) is 10.6. The van der Waals surface area contributed by atoms with E-state index < -0.39 is 16.0 Å². The van der Waals surface area contributed by atoms with Crippen LogP contribution < -0.4 is 4.72 Å². The zero-order valence-electron chi connectivity index (χ0n) is 13.7. The Labute approximate surface area is 153 Å². The first kappa shape index (κ1) is 17.8. The molecule has 0 saturated carbocycles. The van der Waals surface area contributed by atoms with Crippen molar-refractivity contribution in [3.63, 3.8) is 0 Å². The Hall–Kier alpha value is -1.97. The van der Waals surface area contributed by atoms with E-state index in [2.05, 4.69) is 23.6 Å². The molecule has 0 aliphatic rings. The van der Waals surface area contributed by atoms with Crippen molar-refractivity contribution < 1.29 is 18.3 Å². The van der Waals surface area contributed by atoms with Gasteiger partial charge in [-0.15, -0.1) is 11.3 Å². The van der Waals surface area contributed by atoms with Crippen LogP contribution >= 0.6 is 22.7 Å². The molecule has 25 heavy (non-hydrogen) atoms. The van der Waals surface area contributed by atoms with Crippen LogP contribution in [0.25, 0.3) is 10.1 Å². The van der Waals surface area contributed by atoms with E-state index in [4.69, 9.17) is 5.11 Å². The molecule has 9 heteroatoms. The number of carboxylic acids is 1. The van der Waals surface area contributed by atoms with Gasteiger partial charge >= 0.3 is 5.97 Å². The Morgan fingerprint density at radius 2 is 2.00 bits per heavy atom. The number of aromatic carboxylic acids is 1. The SMILES string of the molecule is Cc1c(S(=O)(=O)Nc2ncc(C(=O)O)s2)sc2ccc(C(C)C)cc12. The molecule has 132 valence electrons. The van der Waals surface area contributed by atoms with Crippen LogP contribution in [0, 0.1) is 6.92 Å². The molecule has 1 aromatic carbocycles. The topological polar surface area (TPSA) is 96.4 Å². The molecule has 0 aliphatic carbocycles. The Kier molecular flexibility index (Phi) is 4.56. The normalized spacial score (nSPS) is 12.0. The van der Waals surface area contributed by atoms with Crippen LogP contribution in [0.15, 0.2) is 28.6 Å². The fourth-order valence-corrected chi connectivity index (χ4v) is 6.06. The predicted molar refractivity (Wildman–Crippen MR) is 101 cm³/mol. The second-order valence-electron chi connectivity index (χ2n) is 5.87. The molecule has 3 aromatic rings. The number of fused-ring (bicyclic) bond motifs is 1. The summed E-state index contributed by atoms with van der Waals surface area (Å²) in [4.78, 5) is 14.7. The van der Waals surface area contributed by atoms with Crippen LogP contribution in [-0.2, 0) is 10.0 Å². The number of benzene rings is 1. The summed E-state index contributed by atoms with van der Waals surface area (Å²) in [5, 5.41) is 9.88. The van der Waals surface area contributed by atoms with E-state index in [0.29, 0.717) is 11.5 Å². The lowest BCUT2D eigenvalue weighted by Gasteiger charge is -2.05. The van der Waals surface area contributed by atoms with Gasteiger partial charge in [0.1, 0.15) is 9.09 Å². The van der Waals surface area contributed by atoms with Crippen molar-refractivity contribution in [2.24, 2.45) is 0 Å². The predicted octanol–water partition coefficient (Wildman–Crippen LogP) is 4.29. The summed E-state index contributed by atoms with van der Waals surface area (Å²) in [5.41, 5.74) is 1.83. The number of aryl methyl sites for hydroxylation is 1. The fraction of sp³-hybridized carbons (Fsp3) is 0.250. The summed E-state index contributed by atoms with van der Waals surface area (Å²) < 4.78 is 28.9. The van der Waals surface area contributed by atoms with E-state index in [1.165, 1.54) is 11.3 Å². The molecule has 0 amide bonds. The van der Waals surface area contributed by atoms with Crippen LogP contribution in [0.5, 0.6) is 0 Å². The van der Waals surface area contributed by atoms with Gasteiger partial charge in [0.05, 0.1) is 6.20 Å². The van der Waals surface area contributed by atoms with Gasteiger partial charge in [-0.05, 0) is 41.5 Å². The van der Waals surface area contributed by atoms with Gasteiger partial charge in [0, 0.05) is 4.70 Å². The second-order valence-corrected chi connectivity index (χ2v) is 9.83. The summed E-state index contributed by atoms with van der Waals surface area (Å²) in [5.74, 6) is -0.783. The highest BCUT2D eigenvalue weighted by atomic mass is 32.2. The molecule has 2 heterocycles. The van der Waals surface area contributed by atoms with Crippen molar-refractivity contribution in [3.05, 3.63) is 40.4 Å². The van der Waals surface area contributed by atoms with Gasteiger partial charge < -0.3 is 5.11 Å². The molecule has 0 radical (unpaired) electrons. The third-order valence-corrected chi connectivity index (χ3v) is 8.03. The van der Waals surface area contributed by atoms with Crippen LogP contribution in [0.3, 0.4) is 0 Å². The number of thiazole rings is 1. The van der Waals surface area contributed by atoms with Gasteiger partial charge in [0.25, 0.3) is 10.0 Å². The van der Waals surface area contributed by atoms with E-state index in [1.54, 1.807) is 6.92 Å². The number of thiophene rings is 1. The van der Waals surface area contributed by atoms with E-state index in [1.807, 2.05) is 18.2 Å². The number of sulfonamides is 1. The Bertz CT molecular complexity index is 1060. The lowest BCUT2D eigenvalue weighted by molar-refractivity contribution is 0.0702. The molecule has 0 saturated heterocycles. The quantitative estimate of drug-likeness (QED) is 0.671. The third-order valence-electron chi connectivity index (χ3n) is 3.77. The minimum absolute atomic E-state index is 0.0210. The van der Waals surface area contributed by atoms with Gasteiger partial charge in [-0.1, -0.05) is 31.3 Å². The molecular formula is C16H16N2O4S3. The van der Waals surface area contributed by atoms with E-state index in [9.17, 15) is 13.2 Å². The average Bonchev–Trinajstić information content (AvgIpc) is 3.12. The molecule has 0 aliphatic heterocycles. The van der Waals surface area contributed by atoms with Gasteiger partial charge in [0.2, 0.25) is 0 Å². The highest BCUT2D eigenvalue weighted by Gasteiger charge is 2.24. The van der Waals surface area contributed by atoms with Crippen molar-refractivity contribution in [2.45, 2.75) is 30.9 Å². The average molecular weight is 397 g/mol. The smallest absolute Gasteiger partial charge is 0.347 e. The van der Waals surface area contributed by atoms with Crippen LogP contribution in [0.2, 0.25) is 0 Å². The number of hydrogen-bond donors (Lipinski definition) is 2. The van der Waals surface area contributed by atoms with Crippen LogP contribution in [-0.4, -0.2) is 24.5 Å². The molecule has 0 unspecified atom stereocenters. The van der Waals surface area contributed by atoms with Crippen molar-refractivity contribution in [2.75, 3.05) is 4.72 Å². The lowest BCUT2D eigenvalue weighted by atomic mass is 10.0. The maximum absolute atomic E-state index is 12.7. The van der Waals surface area contributed by atoms with Gasteiger partial charge in [-0.3, -0.25) is 4.72 Å². The number of carboxylic acid groups (broad SMARTS) is 1. The van der Waals surface area contributed by atoms with Gasteiger partial charge in [-0.2, -0.15) is 0 Å². The molecule has 0 fully saturated rings. The lowest BCUT2D eigenvalue weighted by Crippen LogP contribution is -2.12. The molecule has 2 aromatic heterocycles. The molecule has 0 atom stereocenters. The number of aromatic nitrogens is 1. The molecule has 0 spiro atoms. The molecule has 6 nitrogen and oxygen atoms in total. The van der Waals surface area contributed by atoms with Gasteiger partial charge in [-0.25, -0.2) is 18.2 Å². The first-order valence-electron chi connectivity index (χ1n) is 7.44. The third kappa shape index (κ3) is 3.39.